The van der Waals surface area contributed by atoms with Gasteiger partial charge in [-0.1, -0.05) is 50.6 Å². The number of rotatable bonds is 1. The Labute approximate surface area is 115 Å². The fourth-order valence-corrected chi connectivity index (χ4v) is 4.32. The van der Waals surface area contributed by atoms with Gasteiger partial charge in [0.2, 0.25) is 5.91 Å². The van der Waals surface area contributed by atoms with Crippen molar-refractivity contribution in [3.63, 3.8) is 0 Å². The van der Waals surface area contributed by atoms with Crippen molar-refractivity contribution in [1.82, 2.24) is 5.32 Å². The fraction of sp³-hybridized carbons (Fsp3) is 0.588. The van der Waals surface area contributed by atoms with Crippen LogP contribution in [0.3, 0.4) is 0 Å². The molecule has 2 aliphatic rings. The number of hydrogen-bond acceptors (Lipinski definition) is 1. The Bertz CT molecular complexity index is 479. The molecule has 3 rings (SSSR count). The van der Waals surface area contributed by atoms with Gasteiger partial charge in [0.25, 0.3) is 0 Å². The Morgan fingerprint density at radius 3 is 2.58 bits per heavy atom. The van der Waals surface area contributed by atoms with Gasteiger partial charge in [0.05, 0.1) is 6.04 Å². The molecule has 1 aliphatic heterocycles. The molecule has 1 spiro atoms. The van der Waals surface area contributed by atoms with Gasteiger partial charge in [-0.25, -0.2) is 0 Å². The molecular formula is C17H23NO. The maximum absolute atomic E-state index is 12.0. The zero-order valence-corrected chi connectivity index (χ0v) is 11.9. The highest BCUT2D eigenvalue weighted by Gasteiger charge is 2.51. The molecule has 2 nitrogen and oxygen atoms in total. The normalized spacial score (nSPS) is 33.4. The third kappa shape index (κ3) is 2.29. The number of nitrogens with one attached hydrogen (secondary N) is 1. The van der Waals surface area contributed by atoms with Crippen LogP contribution in [0.25, 0.3) is 0 Å². The van der Waals surface area contributed by atoms with Crippen molar-refractivity contribution in [2.75, 3.05) is 0 Å². The van der Waals surface area contributed by atoms with Crippen LogP contribution in [0.5, 0.6) is 0 Å². The second-order valence-electron chi connectivity index (χ2n) is 7.14. The molecule has 19 heavy (non-hydrogen) atoms. The van der Waals surface area contributed by atoms with E-state index in [9.17, 15) is 4.79 Å². The molecule has 2 unspecified atom stereocenters. The van der Waals surface area contributed by atoms with Crippen molar-refractivity contribution in [3.8, 4) is 0 Å². The molecule has 2 fully saturated rings. The highest BCUT2D eigenvalue weighted by atomic mass is 16.2. The molecule has 0 aromatic heterocycles. The zero-order chi connectivity index (χ0) is 13.5. The SMILES string of the molecule is CC1(C)CCCC2(CC(=O)NC2c2ccccc2)C1. The second-order valence-corrected chi connectivity index (χ2v) is 7.14. The highest BCUT2D eigenvalue weighted by Crippen LogP contribution is 2.56. The summed E-state index contributed by atoms with van der Waals surface area (Å²) in [4.78, 5) is 12.0. The Balaban J connectivity index is 1.96. The van der Waals surface area contributed by atoms with Gasteiger partial charge in [0, 0.05) is 11.8 Å². The summed E-state index contributed by atoms with van der Waals surface area (Å²) in [5, 5.41) is 3.23. The molecule has 1 aliphatic carbocycles. The molecular weight excluding hydrogens is 234 g/mol. The quantitative estimate of drug-likeness (QED) is 0.814. The Hall–Kier alpha value is -1.31. The predicted molar refractivity (Wildman–Crippen MR) is 76.6 cm³/mol. The van der Waals surface area contributed by atoms with E-state index in [1.807, 2.05) is 6.07 Å². The van der Waals surface area contributed by atoms with Crippen LogP contribution >= 0.6 is 0 Å². The lowest BCUT2D eigenvalue weighted by Crippen LogP contribution is -2.37. The predicted octanol–water partition coefficient (Wildman–Crippen LogP) is 3.83. The summed E-state index contributed by atoms with van der Waals surface area (Å²) in [5.74, 6) is 0.228. The summed E-state index contributed by atoms with van der Waals surface area (Å²) in [6, 6.07) is 10.7. The Morgan fingerprint density at radius 1 is 1.16 bits per heavy atom. The van der Waals surface area contributed by atoms with E-state index in [0.717, 1.165) is 6.42 Å². The van der Waals surface area contributed by atoms with E-state index >= 15 is 0 Å². The first kappa shape index (κ1) is 12.7. The summed E-state index contributed by atoms with van der Waals surface area (Å²) in [6.07, 6.45) is 5.55. The molecule has 1 aromatic carbocycles. The molecule has 1 heterocycles. The topological polar surface area (TPSA) is 29.1 Å². The van der Waals surface area contributed by atoms with Crippen molar-refractivity contribution < 1.29 is 4.79 Å². The maximum atomic E-state index is 12.0. The molecule has 1 saturated carbocycles. The average Bonchev–Trinajstić information content (AvgIpc) is 2.65. The summed E-state index contributed by atoms with van der Waals surface area (Å²) in [5.41, 5.74) is 1.77. The zero-order valence-electron chi connectivity index (χ0n) is 11.9. The van der Waals surface area contributed by atoms with Crippen LogP contribution < -0.4 is 5.32 Å². The van der Waals surface area contributed by atoms with Crippen molar-refractivity contribution in [2.24, 2.45) is 10.8 Å². The van der Waals surface area contributed by atoms with E-state index in [1.54, 1.807) is 0 Å². The number of benzene rings is 1. The lowest BCUT2D eigenvalue weighted by molar-refractivity contribution is -0.120. The fourth-order valence-electron chi connectivity index (χ4n) is 4.32. The van der Waals surface area contributed by atoms with E-state index in [0.29, 0.717) is 11.8 Å². The molecule has 1 saturated heterocycles. The van der Waals surface area contributed by atoms with Crippen LogP contribution in [-0.2, 0) is 4.79 Å². The summed E-state index contributed by atoms with van der Waals surface area (Å²) in [6.45, 7) is 4.69. The number of carbonyl (C=O) groups is 1. The minimum atomic E-state index is 0.139. The van der Waals surface area contributed by atoms with Gasteiger partial charge in [-0.05, 0) is 30.2 Å². The van der Waals surface area contributed by atoms with Crippen LogP contribution in [0.4, 0.5) is 0 Å². The van der Waals surface area contributed by atoms with Crippen LogP contribution in [0.1, 0.15) is 57.6 Å². The van der Waals surface area contributed by atoms with Crippen LogP contribution in [-0.4, -0.2) is 5.91 Å². The molecule has 2 heteroatoms. The number of carbonyl (C=O) groups excluding carboxylic acids is 1. The Morgan fingerprint density at radius 2 is 1.89 bits per heavy atom. The van der Waals surface area contributed by atoms with E-state index in [-0.39, 0.29) is 17.4 Å². The first-order chi connectivity index (χ1) is 9.01. The molecule has 2 atom stereocenters. The largest absolute Gasteiger partial charge is 0.349 e. The van der Waals surface area contributed by atoms with Crippen molar-refractivity contribution in [3.05, 3.63) is 35.9 Å². The third-order valence-corrected chi connectivity index (χ3v) is 4.92. The van der Waals surface area contributed by atoms with Crippen molar-refractivity contribution in [1.29, 1.82) is 0 Å². The van der Waals surface area contributed by atoms with E-state index in [4.69, 9.17) is 0 Å². The van der Waals surface area contributed by atoms with Gasteiger partial charge in [0.15, 0.2) is 0 Å². The average molecular weight is 257 g/mol. The minimum absolute atomic E-state index is 0.139. The number of hydrogen-bond donors (Lipinski definition) is 1. The lowest BCUT2D eigenvalue weighted by atomic mass is 9.59. The van der Waals surface area contributed by atoms with Gasteiger partial charge < -0.3 is 5.32 Å². The summed E-state index contributed by atoms with van der Waals surface area (Å²) in [7, 11) is 0. The van der Waals surface area contributed by atoms with Gasteiger partial charge in [-0.3, -0.25) is 4.79 Å². The molecule has 0 bridgehead atoms. The lowest BCUT2D eigenvalue weighted by Gasteiger charge is -2.45. The van der Waals surface area contributed by atoms with Gasteiger partial charge in [-0.15, -0.1) is 0 Å². The van der Waals surface area contributed by atoms with E-state index < -0.39 is 0 Å². The highest BCUT2D eigenvalue weighted by molar-refractivity contribution is 5.80. The van der Waals surface area contributed by atoms with E-state index in [1.165, 1.54) is 24.8 Å². The van der Waals surface area contributed by atoms with Crippen molar-refractivity contribution in [2.45, 2.75) is 52.0 Å². The van der Waals surface area contributed by atoms with Crippen LogP contribution in [0, 0.1) is 10.8 Å². The molecule has 0 radical (unpaired) electrons. The number of amides is 1. The molecule has 1 aromatic rings. The van der Waals surface area contributed by atoms with Gasteiger partial charge in [0.1, 0.15) is 0 Å². The van der Waals surface area contributed by atoms with Crippen LogP contribution in [0.15, 0.2) is 30.3 Å². The first-order valence-electron chi connectivity index (χ1n) is 7.35. The Kier molecular flexibility index (Phi) is 2.92. The minimum Gasteiger partial charge on any atom is -0.349 e. The standard InChI is InChI=1S/C17H23NO/c1-16(2)9-6-10-17(12-16)11-14(19)18-15(17)13-7-4-3-5-8-13/h3-5,7-8,15H,6,9-12H2,1-2H3,(H,18,19). The third-order valence-electron chi connectivity index (χ3n) is 4.92. The maximum Gasteiger partial charge on any atom is 0.221 e. The molecule has 1 N–H and O–H groups in total. The summed E-state index contributed by atoms with van der Waals surface area (Å²) < 4.78 is 0. The second kappa shape index (κ2) is 4.36. The first-order valence-corrected chi connectivity index (χ1v) is 7.35. The van der Waals surface area contributed by atoms with Crippen LogP contribution in [0.2, 0.25) is 0 Å². The van der Waals surface area contributed by atoms with Gasteiger partial charge in [-0.2, -0.15) is 0 Å². The molecule has 1 amide bonds. The molecule has 102 valence electrons. The monoisotopic (exact) mass is 257 g/mol. The summed E-state index contributed by atoms with van der Waals surface area (Å²) >= 11 is 0. The smallest absolute Gasteiger partial charge is 0.221 e. The van der Waals surface area contributed by atoms with Gasteiger partial charge >= 0.3 is 0 Å². The van der Waals surface area contributed by atoms with Crippen molar-refractivity contribution >= 4 is 5.91 Å². The van der Waals surface area contributed by atoms with E-state index in [2.05, 4.69) is 43.4 Å².